The molecular formula is C33H35IrN2O3-. The first-order chi connectivity index (χ1) is 17.9. The number of aryl methyl sites for hydroxylation is 1. The van der Waals surface area contributed by atoms with Crippen LogP contribution in [-0.4, -0.2) is 20.9 Å². The van der Waals surface area contributed by atoms with E-state index in [2.05, 4.69) is 88.1 Å². The molecule has 1 N–H and O–H groups in total. The number of hydrogen-bond donors (Lipinski definition) is 1. The fraction of sp³-hybridized carbons (Fsp3) is 0.303. The van der Waals surface area contributed by atoms with E-state index in [9.17, 15) is 4.79 Å². The summed E-state index contributed by atoms with van der Waals surface area (Å²) in [6.07, 6.45) is 3.07. The van der Waals surface area contributed by atoms with Crippen LogP contribution in [-0.2, 0) is 30.3 Å². The second-order valence-corrected chi connectivity index (χ2v) is 11.1. The van der Waals surface area contributed by atoms with Crippen molar-refractivity contribution < 1.29 is 34.4 Å². The number of rotatable bonds is 3. The van der Waals surface area contributed by atoms with Crippen LogP contribution in [0.2, 0.25) is 0 Å². The molecule has 205 valence electrons. The normalized spacial score (nSPS) is 12.0. The molecule has 2 heterocycles. The first-order valence-electron chi connectivity index (χ1n) is 12.9. The molecule has 5 rings (SSSR count). The number of aromatic nitrogens is 2. The standard InChI is InChI=1S/C28H27N2O.C5H8O2.Ir/c1-16(2)19-8-7-9-20-21(19)10-11-23-22(20)12-13-29-26(23)18-14-24(28(4,5)6)27-25(15-18)31-17(3)30-27;1-4(6)3-5(2)7;/h7-14,16H,1-6H3;3,6H,1-2H3;/q-1;;/b;4-3-;. The molecule has 3 aromatic carbocycles. The van der Waals surface area contributed by atoms with Gasteiger partial charge in [0.2, 0.25) is 0 Å². The predicted octanol–water partition coefficient (Wildman–Crippen LogP) is 8.76. The zero-order chi connectivity index (χ0) is 27.8. The molecule has 0 bridgehead atoms. The first-order valence-corrected chi connectivity index (χ1v) is 12.9. The van der Waals surface area contributed by atoms with Crippen LogP contribution in [0.4, 0.5) is 0 Å². The molecule has 0 spiro atoms. The molecule has 0 fully saturated rings. The number of allylic oxidation sites excluding steroid dienone is 2. The molecule has 0 unspecified atom stereocenters. The van der Waals surface area contributed by atoms with Gasteiger partial charge in [0.1, 0.15) is 0 Å². The maximum atomic E-state index is 10.0. The average Bonchev–Trinajstić information content (AvgIpc) is 3.21. The van der Waals surface area contributed by atoms with Crippen molar-refractivity contribution in [1.29, 1.82) is 0 Å². The van der Waals surface area contributed by atoms with E-state index in [4.69, 9.17) is 14.5 Å². The number of oxazole rings is 1. The second-order valence-electron chi connectivity index (χ2n) is 11.1. The van der Waals surface area contributed by atoms with Crippen LogP contribution >= 0.6 is 0 Å². The molecule has 0 aliphatic heterocycles. The fourth-order valence-electron chi connectivity index (χ4n) is 4.82. The molecule has 1 radical (unpaired) electrons. The van der Waals surface area contributed by atoms with Crippen LogP contribution < -0.4 is 0 Å². The van der Waals surface area contributed by atoms with E-state index in [1.165, 1.54) is 41.6 Å². The minimum Gasteiger partial charge on any atom is -0.512 e. The number of carbonyl (C=O) groups excluding carboxylic acids is 1. The quantitative estimate of drug-likeness (QED) is 0.0883. The minimum atomic E-state index is -0.125. The number of ketones is 1. The Bertz CT molecular complexity index is 1690. The number of carbonyl (C=O) groups is 1. The molecule has 0 saturated heterocycles. The van der Waals surface area contributed by atoms with E-state index >= 15 is 0 Å². The largest absolute Gasteiger partial charge is 0.512 e. The summed E-state index contributed by atoms with van der Waals surface area (Å²) in [7, 11) is 0. The molecule has 6 heteroatoms. The van der Waals surface area contributed by atoms with E-state index in [1.807, 2.05) is 13.1 Å². The van der Waals surface area contributed by atoms with Gasteiger partial charge in [0.05, 0.1) is 11.3 Å². The van der Waals surface area contributed by atoms with Gasteiger partial charge in [0.25, 0.3) is 0 Å². The summed E-state index contributed by atoms with van der Waals surface area (Å²) in [6, 6.07) is 18.8. The average molecular weight is 700 g/mol. The summed E-state index contributed by atoms with van der Waals surface area (Å²) in [4.78, 5) is 19.4. The van der Waals surface area contributed by atoms with Crippen molar-refractivity contribution >= 4 is 38.4 Å². The summed E-state index contributed by atoms with van der Waals surface area (Å²) >= 11 is 0. The minimum absolute atomic E-state index is 0. The summed E-state index contributed by atoms with van der Waals surface area (Å²) < 4.78 is 5.90. The molecule has 0 saturated carbocycles. The van der Waals surface area contributed by atoms with Gasteiger partial charge in [-0.05, 0) is 64.0 Å². The first kappa shape index (κ1) is 30.2. The maximum Gasteiger partial charge on any atom is 0.180 e. The topological polar surface area (TPSA) is 76.2 Å². The Morgan fingerprint density at radius 3 is 2.28 bits per heavy atom. The van der Waals surface area contributed by atoms with Gasteiger partial charge in [-0.1, -0.05) is 76.6 Å². The number of benzene rings is 3. The number of hydrogen-bond acceptors (Lipinski definition) is 5. The van der Waals surface area contributed by atoms with Crippen molar-refractivity contribution in [3.63, 3.8) is 0 Å². The van der Waals surface area contributed by atoms with Gasteiger partial charge >= 0.3 is 0 Å². The van der Waals surface area contributed by atoms with Crippen LogP contribution in [0.25, 0.3) is 43.9 Å². The molecule has 39 heavy (non-hydrogen) atoms. The Morgan fingerprint density at radius 1 is 1.03 bits per heavy atom. The number of fused-ring (bicyclic) bond motifs is 4. The Kier molecular flexibility index (Phi) is 9.15. The van der Waals surface area contributed by atoms with E-state index in [0.29, 0.717) is 17.4 Å². The summed E-state index contributed by atoms with van der Waals surface area (Å²) in [5.41, 5.74) is 5.90. The van der Waals surface area contributed by atoms with Gasteiger partial charge in [0.15, 0.2) is 11.7 Å². The molecule has 0 aliphatic carbocycles. The Hall–Kier alpha value is -3.34. The van der Waals surface area contributed by atoms with Crippen molar-refractivity contribution in [3.8, 4) is 11.3 Å². The number of aliphatic hydroxyl groups excluding tert-OH is 1. The van der Waals surface area contributed by atoms with Gasteiger partial charge in [-0.25, -0.2) is 0 Å². The third-order valence-corrected chi connectivity index (χ3v) is 6.46. The van der Waals surface area contributed by atoms with Crippen LogP contribution in [0.3, 0.4) is 0 Å². The summed E-state index contributed by atoms with van der Waals surface area (Å²) in [5.74, 6) is 1.07. The number of nitrogens with zero attached hydrogens (tertiary/aromatic N) is 2. The SMILES string of the molecule is CC(=O)/C=C(/C)O.Cc1nc2c(C(C)(C)C)cc(-c3nccc4c3ccc3c(C(C)C)cccc34)[c-]c2o1.[Ir]. The molecule has 2 aromatic heterocycles. The Morgan fingerprint density at radius 2 is 1.69 bits per heavy atom. The van der Waals surface area contributed by atoms with E-state index in [0.717, 1.165) is 27.7 Å². The maximum absolute atomic E-state index is 10.0. The second kappa shape index (κ2) is 11.8. The van der Waals surface area contributed by atoms with E-state index < -0.39 is 0 Å². The van der Waals surface area contributed by atoms with Crippen LogP contribution in [0, 0.1) is 13.0 Å². The van der Waals surface area contributed by atoms with Crippen molar-refractivity contribution in [1.82, 2.24) is 9.97 Å². The molecule has 5 nitrogen and oxygen atoms in total. The van der Waals surface area contributed by atoms with Crippen LogP contribution in [0.1, 0.15) is 71.4 Å². The molecular weight excluding hydrogens is 665 g/mol. The van der Waals surface area contributed by atoms with Gasteiger partial charge in [0, 0.05) is 44.8 Å². The zero-order valence-corrected chi connectivity index (χ0v) is 26.2. The van der Waals surface area contributed by atoms with Crippen LogP contribution in [0.15, 0.2) is 64.9 Å². The van der Waals surface area contributed by atoms with E-state index in [1.54, 1.807) is 0 Å². The van der Waals surface area contributed by atoms with Crippen molar-refractivity contribution in [2.45, 2.75) is 66.7 Å². The van der Waals surface area contributed by atoms with Gasteiger partial charge < -0.3 is 14.5 Å². The van der Waals surface area contributed by atoms with E-state index in [-0.39, 0.29) is 37.1 Å². The monoisotopic (exact) mass is 700 g/mol. The van der Waals surface area contributed by atoms with Crippen LogP contribution in [0.5, 0.6) is 0 Å². The Balaban J connectivity index is 0.000000468. The van der Waals surface area contributed by atoms with Gasteiger partial charge in [-0.15, -0.1) is 11.6 Å². The molecule has 0 amide bonds. The number of pyridine rings is 1. The van der Waals surface area contributed by atoms with Crippen molar-refractivity contribution in [3.05, 3.63) is 83.6 Å². The molecule has 0 aliphatic rings. The third-order valence-electron chi connectivity index (χ3n) is 6.46. The Labute approximate surface area is 243 Å². The van der Waals surface area contributed by atoms with Gasteiger partial charge in [-0.2, -0.15) is 0 Å². The van der Waals surface area contributed by atoms with Crippen molar-refractivity contribution in [2.75, 3.05) is 0 Å². The smallest absolute Gasteiger partial charge is 0.180 e. The van der Waals surface area contributed by atoms with Crippen molar-refractivity contribution in [2.24, 2.45) is 0 Å². The summed E-state index contributed by atoms with van der Waals surface area (Å²) in [5, 5.41) is 13.3. The zero-order valence-electron chi connectivity index (χ0n) is 23.8. The molecule has 5 aromatic rings. The predicted molar refractivity (Wildman–Crippen MR) is 156 cm³/mol. The molecule has 0 atom stereocenters. The fourth-order valence-corrected chi connectivity index (χ4v) is 4.82. The van der Waals surface area contributed by atoms with Gasteiger partial charge in [-0.3, -0.25) is 9.78 Å². The number of aliphatic hydroxyl groups is 1. The summed E-state index contributed by atoms with van der Waals surface area (Å²) in [6.45, 7) is 15.8. The third kappa shape index (κ3) is 6.46.